The SMILES string of the molecule is C=CCNc1nccn1-c1cnccc1C. The van der Waals surface area contributed by atoms with E-state index in [2.05, 4.69) is 21.9 Å². The van der Waals surface area contributed by atoms with Crippen molar-refractivity contribution in [3.05, 3.63) is 49.1 Å². The largest absolute Gasteiger partial charge is 0.352 e. The van der Waals surface area contributed by atoms with Gasteiger partial charge in [-0.15, -0.1) is 6.58 Å². The van der Waals surface area contributed by atoms with Gasteiger partial charge in [-0.1, -0.05) is 6.08 Å². The molecular formula is C12H14N4. The van der Waals surface area contributed by atoms with Crippen LogP contribution in [-0.4, -0.2) is 21.1 Å². The van der Waals surface area contributed by atoms with Crippen molar-refractivity contribution in [2.24, 2.45) is 0 Å². The first-order chi connectivity index (χ1) is 7.83. The van der Waals surface area contributed by atoms with Gasteiger partial charge in [0.2, 0.25) is 5.95 Å². The van der Waals surface area contributed by atoms with Gasteiger partial charge in [-0.25, -0.2) is 4.98 Å². The van der Waals surface area contributed by atoms with E-state index in [9.17, 15) is 0 Å². The Kier molecular flexibility index (Phi) is 3.00. The molecule has 16 heavy (non-hydrogen) atoms. The van der Waals surface area contributed by atoms with Gasteiger partial charge in [0.25, 0.3) is 0 Å². The van der Waals surface area contributed by atoms with Crippen LogP contribution < -0.4 is 5.32 Å². The molecule has 0 aliphatic carbocycles. The molecule has 2 rings (SSSR count). The molecule has 1 N–H and O–H groups in total. The number of rotatable bonds is 4. The van der Waals surface area contributed by atoms with Gasteiger partial charge in [0.1, 0.15) is 0 Å². The topological polar surface area (TPSA) is 42.7 Å². The zero-order chi connectivity index (χ0) is 11.4. The molecule has 0 saturated heterocycles. The maximum atomic E-state index is 4.25. The van der Waals surface area contributed by atoms with E-state index in [1.165, 1.54) is 0 Å². The van der Waals surface area contributed by atoms with Gasteiger partial charge < -0.3 is 5.32 Å². The number of nitrogens with one attached hydrogen (secondary N) is 1. The van der Waals surface area contributed by atoms with Crippen LogP contribution in [0.5, 0.6) is 0 Å². The third-order valence-electron chi connectivity index (χ3n) is 2.32. The predicted molar refractivity (Wildman–Crippen MR) is 64.8 cm³/mol. The van der Waals surface area contributed by atoms with Crippen LogP contribution in [0.1, 0.15) is 5.56 Å². The van der Waals surface area contributed by atoms with Gasteiger partial charge in [0.05, 0.1) is 11.9 Å². The smallest absolute Gasteiger partial charge is 0.207 e. The fourth-order valence-electron chi connectivity index (χ4n) is 1.50. The lowest BCUT2D eigenvalue weighted by Crippen LogP contribution is -2.06. The number of anilines is 1. The zero-order valence-electron chi connectivity index (χ0n) is 9.22. The first kappa shape index (κ1) is 10.4. The molecule has 0 radical (unpaired) electrons. The van der Waals surface area contributed by atoms with Crippen molar-refractivity contribution >= 4 is 5.95 Å². The number of pyridine rings is 1. The lowest BCUT2D eigenvalue weighted by atomic mass is 10.2. The van der Waals surface area contributed by atoms with Crippen molar-refractivity contribution in [3.8, 4) is 5.69 Å². The molecule has 2 aromatic rings. The first-order valence-corrected chi connectivity index (χ1v) is 5.12. The summed E-state index contributed by atoms with van der Waals surface area (Å²) in [6.07, 6.45) is 9.09. The fourth-order valence-corrected chi connectivity index (χ4v) is 1.50. The molecule has 0 spiro atoms. The fraction of sp³-hybridized carbons (Fsp3) is 0.167. The maximum absolute atomic E-state index is 4.25. The molecule has 0 aliphatic rings. The van der Waals surface area contributed by atoms with Gasteiger partial charge in [-0.3, -0.25) is 9.55 Å². The Hall–Kier alpha value is -2.10. The summed E-state index contributed by atoms with van der Waals surface area (Å²) in [6.45, 7) is 6.41. The van der Waals surface area contributed by atoms with E-state index < -0.39 is 0 Å². The van der Waals surface area contributed by atoms with Crippen LogP contribution in [0.4, 0.5) is 5.95 Å². The third kappa shape index (κ3) is 1.95. The number of imidazole rings is 1. The van der Waals surface area contributed by atoms with E-state index in [0.29, 0.717) is 6.54 Å². The monoisotopic (exact) mass is 214 g/mol. The second kappa shape index (κ2) is 4.61. The molecule has 0 fully saturated rings. The van der Waals surface area contributed by atoms with Crippen LogP contribution >= 0.6 is 0 Å². The molecule has 0 aliphatic heterocycles. The van der Waals surface area contributed by atoms with Crippen LogP contribution in [-0.2, 0) is 0 Å². The molecule has 0 saturated carbocycles. The molecule has 82 valence electrons. The van der Waals surface area contributed by atoms with Crippen molar-refractivity contribution in [1.82, 2.24) is 14.5 Å². The molecule has 0 unspecified atom stereocenters. The number of aryl methyl sites for hydroxylation is 1. The molecule has 0 aromatic carbocycles. The summed E-state index contributed by atoms with van der Waals surface area (Å²) < 4.78 is 1.98. The lowest BCUT2D eigenvalue weighted by molar-refractivity contribution is 1.01. The summed E-state index contributed by atoms with van der Waals surface area (Å²) in [5.74, 6) is 0.802. The quantitative estimate of drug-likeness (QED) is 0.793. The summed E-state index contributed by atoms with van der Waals surface area (Å²) in [7, 11) is 0. The Morgan fingerprint density at radius 3 is 3.12 bits per heavy atom. The minimum Gasteiger partial charge on any atom is -0.352 e. The van der Waals surface area contributed by atoms with E-state index in [-0.39, 0.29) is 0 Å². The minimum atomic E-state index is 0.691. The maximum Gasteiger partial charge on any atom is 0.207 e. The van der Waals surface area contributed by atoms with E-state index in [1.54, 1.807) is 18.5 Å². The van der Waals surface area contributed by atoms with Crippen LogP contribution in [0.3, 0.4) is 0 Å². The van der Waals surface area contributed by atoms with Crippen molar-refractivity contribution < 1.29 is 0 Å². The third-order valence-corrected chi connectivity index (χ3v) is 2.32. The molecular weight excluding hydrogens is 200 g/mol. The molecule has 0 amide bonds. The van der Waals surface area contributed by atoms with Crippen molar-refractivity contribution in [1.29, 1.82) is 0 Å². The van der Waals surface area contributed by atoms with E-state index in [1.807, 2.05) is 30.0 Å². The van der Waals surface area contributed by atoms with Gasteiger partial charge in [-0.2, -0.15) is 0 Å². The van der Waals surface area contributed by atoms with Crippen LogP contribution in [0.25, 0.3) is 5.69 Å². The number of aromatic nitrogens is 3. The minimum absolute atomic E-state index is 0.691. The molecule has 4 nitrogen and oxygen atoms in total. The molecule has 0 atom stereocenters. The number of hydrogen-bond acceptors (Lipinski definition) is 3. The molecule has 2 heterocycles. The highest BCUT2D eigenvalue weighted by Crippen LogP contribution is 2.16. The molecule has 0 bridgehead atoms. The van der Waals surface area contributed by atoms with Crippen molar-refractivity contribution in [2.75, 3.05) is 11.9 Å². The average molecular weight is 214 g/mol. The summed E-state index contributed by atoms with van der Waals surface area (Å²) in [4.78, 5) is 8.37. The van der Waals surface area contributed by atoms with Crippen LogP contribution in [0.2, 0.25) is 0 Å². The van der Waals surface area contributed by atoms with E-state index >= 15 is 0 Å². The Morgan fingerprint density at radius 1 is 1.50 bits per heavy atom. The predicted octanol–water partition coefficient (Wildman–Crippen LogP) is 2.17. The van der Waals surface area contributed by atoms with Crippen molar-refractivity contribution in [3.63, 3.8) is 0 Å². The zero-order valence-corrected chi connectivity index (χ0v) is 9.22. The summed E-state index contributed by atoms with van der Waals surface area (Å²) in [5, 5.41) is 3.17. The van der Waals surface area contributed by atoms with Crippen molar-refractivity contribution in [2.45, 2.75) is 6.92 Å². The van der Waals surface area contributed by atoms with Gasteiger partial charge in [-0.05, 0) is 18.6 Å². The Balaban J connectivity index is 2.37. The van der Waals surface area contributed by atoms with Crippen LogP contribution in [0, 0.1) is 6.92 Å². The number of hydrogen-bond donors (Lipinski definition) is 1. The van der Waals surface area contributed by atoms with E-state index in [4.69, 9.17) is 0 Å². The average Bonchev–Trinajstić information content (AvgIpc) is 2.75. The van der Waals surface area contributed by atoms with Gasteiger partial charge in [0.15, 0.2) is 0 Å². The second-order valence-electron chi connectivity index (χ2n) is 3.45. The highest BCUT2D eigenvalue weighted by atomic mass is 15.2. The standard InChI is InChI=1S/C12H14N4/c1-3-5-14-12-15-7-8-16(12)11-9-13-6-4-10(11)2/h3-4,6-9H,1,5H2,2H3,(H,14,15). The number of nitrogens with zero attached hydrogens (tertiary/aromatic N) is 3. The summed E-state index contributed by atoms with van der Waals surface area (Å²) >= 11 is 0. The lowest BCUT2D eigenvalue weighted by Gasteiger charge is -2.10. The normalized spacial score (nSPS) is 10.1. The Bertz CT molecular complexity index is 487. The van der Waals surface area contributed by atoms with Gasteiger partial charge in [0, 0.05) is 25.1 Å². The Morgan fingerprint density at radius 2 is 2.38 bits per heavy atom. The first-order valence-electron chi connectivity index (χ1n) is 5.12. The molecule has 4 heteroatoms. The highest BCUT2D eigenvalue weighted by Gasteiger charge is 2.05. The van der Waals surface area contributed by atoms with Gasteiger partial charge >= 0.3 is 0 Å². The van der Waals surface area contributed by atoms with Crippen LogP contribution in [0.15, 0.2) is 43.5 Å². The van der Waals surface area contributed by atoms with E-state index in [0.717, 1.165) is 17.2 Å². The second-order valence-corrected chi connectivity index (χ2v) is 3.45. The Labute approximate surface area is 94.7 Å². The summed E-state index contributed by atoms with van der Waals surface area (Å²) in [6, 6.07) is 1.98. The molecule has 2 aromatic heterocycles. The highest BCUT2D eigenvalue weighted by molar-refractivity contribution is 5.45. The summed E-state index contributed by atoms with van der Waals surface area (Å²) in [5.41, 5.74) is 2.20.